The maximum absolute atomic E-state index is 13.0. The molecule has 1 amide bonds. The van der Waals surface area contributed by atoms with Gasteiger partial charge in [0.15, 0.2) is 5.58 Å². The fourth-order valence-corrected chi connectivity index (χ4v) is 4.17. The molecule has 4 aromatic rings. The Morgan fingerprint density at radius 2 is 1.91 bits per heavy atom. The first-order valence-corrected chi connectivity index (χ1v) is 10.9. The summed E-state index contributed by atoms with van der Waals surface area (Å²) >= 11 is 0. The van der Waals surface area contributed by atoms with E-state index in [-0.39, 0.29) is 11.3 Å². The second-order valence-corrected chi connectivity index (χ2v) is 8.01. The van der Waals surface area contributed by atoms with Gasteiger partial charge in [0.1, 0.15) is 17.0 Å². The van der Waals surface area contributed by atoms with Gasteiger partial charge in [-0.15, -0.1) is 0 Å². The number of nitro benzene ring substituents is 1. The zero-order chi connectivity index (χ0) is 23.7. The minimum Gasteiger partial charge on any atom is -0.495 e. The number of fused-ring (bicyclic) bond motifs is 1. The van der Waals surface area contributed by atoms with Crippen LogP contribution < -0.4 is 15.0 Å². The maximum Gasteiger partial charge on any atom is 0.293 e. The lowest BCUT2D eigenvalue weighted by atomic mass is 10.1. The highest BCUT2D eigenvalue weighted by molar-refractivity contribution is 6.06. The number of amides is 1. The van der Waals surface area contributed by atoms with Crippen LogP contribution in [0, 0.1) is 10.1 Å². The highest BCUT2D eigenvalue weighted by Gasteiger charge is 2.24. The topological polar surface area (TPSA) is 111 Å². The number of nitrogens with one attached hydrogen (secondary N) is 1. The van der Waals surface area contributed by atoms with E-state index in [4.69, 9.17) is 9.15 Å². The van der Waals surface area contributed by atoms with Gasteiger partial charge in [0.25, 0.3) is 11.6 Å². The van der Waals surface area contributed by atoms with Crippen LogP contribution in [0.2, 0.25) is 0 Å². The SMILES string of the molecule is COc1ccc(-c2nc3ccccc3o2)cc1NC(=O)c1ccc(N2CCCC2)c([N+](=O)[O-])c1. The molecule has 9 heteroatoms. The first-order valence-electron chi connectivity index (χ1n) is 10.9. The molecule has 1 aliphatic rings. The van der Waals surface area contributed by atoms with Gasteiger partial charge in [-0.3, -0.25) is 14.9 Å². The molecule has 0 radical (unpaired) electrons. The Hall–Kier alpha value is -4.40. The first kappa shape index (κ1) is 21.4. The van der Waals surface area contributed by atoms with E-state index in [0.29, 0.717) is 34.2 Å². The molecule has 0 bridgehead atoms. The van der Waals surface area contributed by atoms with Crippen molar-refractivity contribution < 1.29 is 18.9 Å². The van der Waals surface area contributed by atoms with E-state index in [1.54, 1.807) is 30.3 Å². The standard InChI is InChI=1S/C25H22N4O5/c1-33-22-11-9-17(25-27-18-6-2-3-7-23(18)34-25)14-19(22)26-24(30)16-8-10-20(21(15-16)29(31)32)28-12-4-5-13-28/h2-3,6-11,14-15H,4-5,12-13H2,1H3,(H,26,30). The lowest BCUT2D eigenvalue weighted by molar-refractivity contribution is -0.384. The predicted molar refractivity (Wildman–Crippen MR) is 128 cm³/mol. The van der Waals surface area contributed by atoms with E-state index in [1.165, 1.54) is 13.2 Å². The van der Waals surface area contributed by atoms with E-state index in [0.717, 1.165) is 31.4 Å². The minimum absolute atomic E-state index is 0.0817. The number of para-hydroxylation sites is 2. The third-order valence-electron chi connectivity index (χ3n) is 5.87. The first-order chi connectivity index (χ1) is 16.5. The van der Waals surface area contributed by atoms with Crippen molar-refractivity contribution in [3.05, 3.63) is 76.3 Å². The van der Waals surface area contributed by atoms with Gasteiger partial charge in [-0.1, -0.05) is 12.1 Å². The predicted octanol–water partition coefficient (Wildman–Crippen LogP) is 5.26. The second kappa shape index (κ2) is 8.86. The third-order valence-corrected chi connectivity index (χ3v) is 5.87. The number of benzene rings is 3. The Morgan fingerprint density at radius 3 is 2.65 bits per heavy atom. The fourth-order valence-electron chi connectivity index (χ4n) is 4.17. The quantitative estimate of drug-likeness (QED) is 0.310. The number of nitro groups is 1. The summed E-state index contributed by atoms with van der Waals surface area (Å²) < 4.78 is 11.2. The van der Waals surface area contributed by atoms with Gasteiger partial charge in [0.05, 0.1) is 17.7 Å². The largest absolute Gasteiger partial charge is 0.495 e. The van der Waals surface area contributed by atoms with Gasteiger partial charge in [-0.05, 0) is 55.3 Å². The van der Waals surface area contributed by atoms with Crippen LogP contribution in [0.25, 0.3) is 22.6 Å². The minimum atomic E-state index is -0.482. The normalized spacial score (nSPS) is 13.3. The number of carbonyl (C=O) groups excluding carboxylic acids is 1. The zero-order valence-electron chi connectivity index (χ0n) is 18.5. The second-order valence-electron chi connectivity index (χ2n) is 8.01. The van der Waals surface area contributed by atoms with Crippen molar-refractivity contribution in [3.8, 4) is 17.2 Å². The molecular formula is C25H22N4O5. The number of hydrogen-bond donors (Lipinski definition) is 1. The van der Waals surface area contributed by atoms with Crippen LogP contribution >= 0.6 is 0 Å². The summed E-state index contributed by atoms with van der Waals surface area (Å²) in [6.45, 7) is 1.54. The summed E-state index contributed by atoms with van der Waals surface area (Å²) in [7, 11) is 1.50. The van der Waals surface area contributed by atoms with Crippen molar-refractivity contribution >= 4 is 34.1 Å². The summed E-state index contributed by atoms with van der Waals surface area (Å²) in [4.78, 5) is 30.8. The molecule has 0 spiro atoms. The Kier molecular flexibility index (Phi) is 5.59. The average molecular weight is 458 g/mol. The Bertz CT molecular complexity index is 1360. The van der Waals surface area contributed by atoms with Crippen LogP contribution in [0.4, 0.5) is 17.1 Å². The lowest BCUT2D eigenvalue weighted by Gasteiger charge is -2.18. The summed E-state index contributed by atoms with van der Waals surface area (Å²) in [5, 5.41) is 14.5. The maximum atomic E-state index is 13.0. The van der Waals surface area contributed by atoms with Crippen LogP contribution in [-0.4, -0.2) is 36.0 Å². The molecule has 0 saturated carbocycles. The molecule has 34 heavy (non-hydrogen) atoms. The number of aromatic nitrogens is 1. The molecule has 9 nitrogen and oxygen atoms in total. The molecule has 0 atom stereocenters. The third kappa shape index (κ3) is 4.03. The van der Waals surface area contributed by atoms with E-state index in [1.807, 2.05) is 29.2 Å². The monoisotopic (exact) mass is 458 g/mol. The number of oxazole rings is 1. The number of rotatable bonds is 6. The number of anilines is 2. The summed E-state index contributed by atoms with van der Waals surface area (Å²) in [6.07, 6.45) is 1.99. The van der Waals surface area contributed by atoms with Crippen LogP contribution in [0.1, 0.15) is 23.2 Å². The van der Waals surface area contributed by atoms with Gasteiger partial charge < -0.3 is 19.4 Å². The Labute approximate surface area is 195 Å². The van der Waals surface area contributed by atoms with Gasteiger partial charge in [-0.2, -0.15) is 0 Å². The number of nitrogens with zero attached hydrogens (tertiary/aromatic N) is 3. The van der Waals surface area contributed by atoms with Crippen molar-refractivity contribution in [2.45, 2.75) is 12.8 Å². The van der Waals surface area contributed by atoms with Crippen LogP contribution in [0.5, 0.6) is 5.75 Å². The molecular weight excluding hydrogens is 436 g/mol. The fraction of sp³-hybridized carbons (Fsp3) is 0.200. The highest BCUT2D eigenvalue weighted by Crippen LogP contribution is 2.34. The molecule has 1 aromatic heterocycles. The van der Waals surface area contributed by atoms with Crippen molar-refractivity contribution in [2.24, 2.45) is 0 Å². The van der Waals surface area contributed by atoms with Crippen LogP contribution in [0.3, 0.4) is 0 Å². The summed E-state index contributed by atoms with van der Waals surface area (Å²) in [6, 6.07) is 17.2. The molecule has 1 saturated heterocycles. The van der Waals surface area contributed by atoms with Crippen molar-refractivity contribution in [1.82, 2.24) is 4.98 Å². The van der Waals surface area contributed by atoms with E-state index in [9.17, 15) is 14.9 Å². The molecule has 1 N–H and O–H groups in total. The molecule has 172 valence electrons. The summed E-state index contributed by atoms with van der Waals surface area (Å²) in [5.41, 5.74) is 3.08. The lowest BCUT2D eigenvalue weighted by Crippen LogP contribution is -2.20. The smallest absolute Gasteiger partial charge is 0.293 e. The number of ether oxygens (including phenoxy) is 1. The van der Waals surface area contributed by atoms with Crippen molar-refractivity contribution in [3.63, 3.8) is 0 Å². The highest BCUT2D eigenvalue weighted by atomic mass is 16.6. The molecule has 2 heterocycles. The van der Waals surface area contributed by atoms with E-state index in [2.05, 4.69) is 10.3 Å². The zero-order valence-corrected chi connectivity index (χ0v) is 18.5. The van der Waals surface area contributed by atoms with E-state index < -0.39 is 10.8 Å². The summed E-state index contributed by atoms with van der Waals surface area (Å²) in [5.74, 6) is 0.366. The van der Waals surface area contributed by atoms with Gasteiger partial charge in [0, 0.05) is 30.3 Å². The molecule has 5 rings (SSSR count). The number of carbonyl (C=O) groups is 1. The Morgan fingerprint density at radius 1 is 1.12 bits per heavy atom. The Balaban J connectivity index is 1.45. The molecule has 1 fully saturated rings. The van der Waals surface area contributed by atoms with Gasteiger partial charge in [-0.25, -0.2) is 4.98 Å². The van der Waals surface area contributed by atoms with Gasteiger partial charge >= 0.3 is 0 Å². The van der Waals surface area contributed by atoms with E-state index >= 15 is 0 Å². The molecule has 0 unspecified atom stereocenters. The molecule has 3 aromatic carbocycles. The molecule has 0 aliphatic carbocycles. The van der Waals surface area contributed by atoms with Gasteiger partial charge in [0.2, 0.25) is 5.89 Å². The van der Waals surface area contributed by atoms with Crippen LogP contribution in [0.15, 0.2) is 65.1 Å². The number of methoxy groups -OCH3 is 1. The molecule has 1 aliphatic heterocycles. The van der Waals surface area contributed by atoms with Crippen molar-refractivity contribution in [1.29, 1.82) is 0 Å². The average Bonchev–Trinajstić information content (AvgIpc) is 3.54. The number of hydrogen-bond acceptors (Lipinski definition) is 7. The van der Waals surface area contributed by atoms with Crippen LogP contribution in [-0.2, 0) is 0 Å². The van der Waals surface area contributed by atoms with Crippen molar-refractivity contribution in [2.75, 3.05) is 30.4 Å².